The Morgan fingerprint density at radius 3 is 2.28 bits per heavy atom. The number of esters is 1. The number of ether oxygens (including phenoxy) is 1. The molecular weight excluding hydrogens is 360 g/mol. The van der Waals surface area contributed by atoms with Gasteiger partial charge in [-0.1, -0.05) is 60.7 Å². The number of benzene rings is 2. The molecule has 0 aromatic heterocycles. The predicted octanol–water partition coefficient (Wildman–Crippen LogP) is 4.74. The van der Waals surface area contributed by atoms with Crippen molar-refractivity contribution in [1.82, 2.24) is 10.2 Å². The first kappa shape index (κ1) is 21.5. The SMILES string of the molecule is CCOC(=O)CC[C@H]1CN(C(C)c2ccccc2)C[C@H]1N[C@H](C)c1ccccc1. The molecule has 0 aliphatic carbocycles. The van der Waals surface area contributed by atoms with Crippen molar-refractivity contribution in [3.8, 4) is 0 Å². The van der Waals surface area contributed by atoms with Gasteiger partial charge in [0, 0.05) is 37.6 Å². The van der Waals surface area contributed by atoms with Crippen molar-refractivity contribution in [3.05, 3.63) is 71.8 Å². The molecule has 4 atom stereocenters. The highest BCUT2D eigenvalue weighted by Gasteiger charge is 2.36. The summed E-state index contributed by atoms with van der Waals surface area (Å²) in [5.41, 5.74) is 2.64. The number of carbonyl (C=O) groups excluding carboxylic acids is 1. The topological polar surface area (TPSA) is 41.6 Å². The lowest BCUT2D eigenvalue weighted by Crippen LogP contribution is -2.38. The second-order valence-electron chi connectivity index (χ2n) is 8.05. The van der Waals surface area contributed by atoms with Crippen molar-refractivity contribution < 1.29 is 9.53 Å². The molecule has 4 nitrogen and oxygen atoms in total. The first-order valence-electron chi connectivity index (χ1n) is 10.8. The van der Waals surface area contributed by atoms with Crippen LogP contribution in [0.25, 0.3) is 0 Å². The van der Waals surface area contributed by atoms with Crippen LogP contribution in [0.15, 0.2) is 60.7 Å². The largest absolute Gasteiger partial charge is 0.466 e. The van der Waals surface area contributed by atoms with E-state index in [1.54, 1.807) is 0 Å². The molecule has 0 radical (unpaired) electrons. The molecule has 4 heteroatoms. The van der Waals surface area contributed by atoms with E-state index in [1.165, 1.54) is 11.1 Å². The van der Waals surface area contributed by atoms with Gasteiger partial charge in [-0.05, 0) is 44.2 Å². The summed E-state index contributed by atoms with van der Waals surface area (Å²) in [6, 6.07) is 22.2. The molecular formula is C25H34N2O2. The zero-order chi connectivity index (χ0) is 20.6. The number of hydrogen-bond donors (Lipinski definition) is 1. The maximum Gasteiger partial charge on any atom is 0.305 e. The highest BCUT2D eigenvalue weighted by Crippen LogP contribution is 2.31. The normalized spacial score (nSPS) is 21.6. The minimum atomic E-state index is -0.0862. The van der Waals surface area contributed by atoms with E-state index in [0.717, 1.165) is 19.5 Å². The van der Waals surface area contributed by atoms with E-state index in [-0.39, 0.29) is 12.0 Å². The molecule has 1 N–H and O–H groups in total. The van der Waals surface area contributed by atoms with Gasteiger partial charge >= 0.3 is 5.97 Å². The molecule has 1 heterocycles. The highest BCUT2D eigenvalue weighted by molar-refractivity contribution is 5.69. The van der Waals surface area contributed by atoms with Crippen molar-refractivity contribution in [1.29, 1.82) is 0 Å². The van der Waals surface area contributed by atoms with E-state index >= 15 is 0 Å². The van der Waals surface area contributed by atoms with Gasteiger partial charge in [0.25, 0.3) is 0 Å². The van der Waals surface area contributed by atoms with Crippen molar-refractivity contribution in [2.75, 3.05) is 19.7 Å². The van der Waals surface area contributed by atoms with Crippen molar-refractivity contribution in [3.63, 3.8) is 0 Å². The predicted molar refractivity (Wildman–Crippen MR) is 118 cm³/mol. The average molecular weight is 395 g/mol. The summed E-state index contributed by atoms with van der Waals surface area (Å²) in [6.45, 7) is 8.80. The molecule has 0 spiro atoms. The van der Waals surface area contributed by atoms with E-state index in [2.05, 4.69) is 84.7 Å². The lowest BCUT2D eigenvalue weighted by atomic mass is 9.96. The van der Waals surface area contributed by atoms with Crippen LogP contribution < -0.4 is 5.32 Å². The van der Waals surface area contributed by atoms with Crippen molar-refractivity contribution in [2.45, 2.75) is 51.7 Å². The smallest absolute Gasteiger partial charge is 0.305 e. The maximum absolute atomic E-state index is 11.9. The van der Waals surface area contributed by atoms with Crippen LogP contribution in [-0.2, 0) is 9.53 Å². The fourth-order valence-corrected chi connectivity index (χ4v) is 4.34. The minimum Gasteiger partial charge on any atom is -0.466 e. The lowest BCUT2D eigenvalue weighted by Gasteiger charge is -2.26. The van der Waals surface area contributed by atoms with Crippen LogP contribution in [0.2, 0.25) is 0 Å². The van der Waals surface area contributed by atoms with Gasteiger partial charge in [0.15, 0.2) is 0 Å². The molecule has 2 aromatic carbocycles. The molecule has 1 unspecified atom stereocenters. The first-order valence-corrected chi connectivity index (χ1v) is 10.8. The second-order valence-corrected chi connectivity index (χ2v) is 8.05. The Morgan fingerprint density at radius 2 is 1.66 bits per heavy atom. The summed E-state index contributed by atoms with van der Waals surface area (Å²) >= 11 is 0. The molecule has 0 saturated carbocycles. The van der Waals surface area contributed by atoms with Crippen LogP contribution in [-0.4, -0.2) is 36.6 Å². The summed E-state index contributed by atoms with van der Waals surface area (Å²) in [7, 11) is 0. The average Bonchev–Trinajstić information content (AvgIpc) is 3.15. The minimum absolute atomic E-state index is 0.0862. The maximum atomic E-state index is 11.9. The Bertz CT molecular complexity index is 750. The van der Waals surface area contributed by atoms with Crippen LogP contribution in [0.4, 0.5) is 0 Å². The Hall–Kier alpha value is -2.17. The summed E-state index contributed by atoms with van der Waals surface area (Å²) < 4.78 is 5.16. The zero-order valence-corrected chi connectivity index (χ0v) is 17.9. The number of nitrogens with zero attached hydrogens (tertiary/aromatic N) is 1. The molecule has 29 heavy (non-hydrogen) atoms. The molecule has 1 fully saturated rings. The van der Waals surface area contributed by atoms with E-state index in [9.17, 15) is 4.79 Å². The van der Waals surface area contributed by atoms with E-state index in [1.807, 2.05) is 6.92 Å². The molecule has 3 rings (SSSR count). The number of nitrogens with one attached hydrogen (secondary N) is 1. The molecule has 1 saturated heterocycles. The van der Waals surface area contributed by atoms with Gasteiger partial charge in [-0.25, -0.2) is 0 Å². The first-order chi connectivity index (χ1) is 14.1. The third-order valence-electron chi connectivity index (χ3n) is 6.09. The molecule has 1 aliphatic rings. The highest BCUT2D eigenvalue weighted by atomic mass is 16.5. The molecule has 1 aliphatic heterocycles. The van der Waals surface area contributed by atoms with Gasteiger partial charge in [-0.15, -0.1) is 0 Å². The van der Waals surface area contributed by atoms with Gasteiger partial charge < -0.3 is 10.1 Å². The van der Waals surface area contributed by atoms with E-state index in [0.29, 0.717) is 31.0 Å². The zero-order valence-electron chi connectivity index (χ0n) is 17.9. The third-order valence-corrected chi connectivity index (χ3v) is 6.09. The summed E-state index contributed by atoms with van der Waals surface area (Å²) in [4.78, 5) is 14.5. The van der Waals surface area contributed by atoms with Gasteiger partial charge in [0.05, 0.1) is 6.61 Å². The van der Waals surface area contributed by atoms with Crippen molar-refractivity contribution >= 4 is 5.97 Å². The molecule has 156 valence electrons. The third kappa shape index (κ3) is 5.91. The standard InChI is InChI=1S/C25H34N2O2/c1-4-29-25(28)16-15-23-17-27(20(3)22-13-9-6-10-14-22)18-24(23)26-19(2)21-11-7-5-8-12-21/h5-14,19-20,23-24,26H,4,15-18H2,1-3H3/t19-,20?,23+,24-/m1/s1. The van der Waals surface area contributed by atoms with Crippen LogP contribution in [0.3, 0.4) is 0 Å². The Morgan fingerprint density at radius 1 is 1.03 bits per heavy atom. The quantitative estimate of drug-likeness (QED) is 0.624. The molecule has 0 bridgehead atoms. The second kappa shape index (κ2) is 10.6. The fourth-order valence-electron chi connectivity index (χ4n) is 4.34. The Balaban J connectivity index is 1.68. The van der Waals surface area contributed by atoms with Crippen molar-refractivity contribution in [2.24, 2.45) is 5.92 Å². The monoisotopic (exact) mass is 394 g/mol. The number of rotatable bonds is 9. The fraction of sp³-hybridized carbons (Fsp3) is 0.480. The molecule has 0 amide bonds. The van der Waals surface area contributed by atoms with Crippen LogP contribution in [0, 0.1) is 5.92 Å². The number of hydrogen-bond acceptors (Lipinski definition) is 4. The Kier molecular flexibility index (Phi) is 7.84. The van der Waals surface area contributed by atoms with Gasteiger partial charge in [0.2, 0.25) is 0 Å². The number of likely N-dealkylation sites (tertiary alicyclic amines) is 1. The van der Waals surface area contributed by atoms with E-state index < -0.39 is 0 Å². The van der Waals surface area contributed by atoms with Gasteiger partial charge in [-0.2, -0.15) is 0 Å². The number of carbonyl (C=O) groups is 1. The van der Waals surface area contributed by atoms with Crippen LogP contribution in [0.5, 0.6) is 0 Å². The Labute approximate surface area is 175 Å². The van der Waals surface area contributed by atoms with Gasteiger partial charge in [-0.3, -0.25) is 9.69 Å². The van der Waals surface area contributed by atoms with Gasteiger partial charge in [0.1, 0.15) is 0 Å². The van der Waals surface area contributed by atoms with Crippen LogP contribution in [0.1, 0.15) is 56.8 Å². The molecule has 2 aromatic rings. The lowest BCUT2D eigenvalue weighted by molar-refractivity contribution is -0.143. The summed E-state index contributed by atoms with van der Waals surface area (Å²) in [6.07, 6.45) is 1.35. The van der Waals surface area contributed by atoms with Crippen LogP contribution >= 0.6 is 0 Å². The summed E-state index contributed by atoms with van der Waals surface area (Å²) in [5.74, 6) is 0.341. The summed E-state index contributed by atoms with van der Waals surface area (Å²) in [5, 5.41) is 3.84. The van der Waals surface area contributed by atoms with E-state index in [4.69, 9.17) is 4.74 Å².